The molecular weight excluding hydrogens is 296 g/mol. The van der Waals surface area contributed by atoms with E-state index in [0.717, 1.165) is 46.6 Å². The number of aromatic amines is 1. The van der Waals surface area contributed by atoms with Crippen molar-refractivity contribution < 1.29 is 4.40 Å². The van der Waals surface area contributed by atoms with E-state index in [1.807, 2.05) is 12.1 Å². The number of rotatable bonds is 5. The predicted molar refractivity (Wildman–Crippen MR) is 98.2 cm³/mol. The number of pyridine rings is 1. The summed E-state index contributed by atoms with van der Waals surface area (Å²) in [6.45, 7) is 9.64. The van der Waals surface area contributed by atoms with Crippen LogP contribution in [0.2, 0.25) is 0 Å². The standard InChI is InChI=1S/C20H24N4/c1-13(2)9-10-22-19-11-15(14(3)4)16(12-21)20-23-17-7-5-6-8-18(17)24(19)20/h5-8,11,13-14H,9-10H2,1-4H3,(H,22,23)/p+1. The number of nitrogens with zero attached hydrogens (tertiary/aromatic N) is 2. The molecule has 4 heteroatoms. The van der Waals surface area contributed by atoms with Gasteiger partial charge in [-0.25, -0.2) is 0 Å². The molecule has 3 aromatic rings. The lowest BCUT2D eigenvalue weighted by Gasteiger charge is -2.11. The maximum Gasteiger partial charge on any atom is 0.250 e. The van der Waals surface area contributed by atoms with Crippen LogP contribution in [0.25, 0.3) is 16.7 Å². The van der Waals surface area contributed by atoms with Crippen LogP contribution in [0.15, 0.2) is 30.3 Å². The second kappa shape index (κ2) is 6.52. The van der Waals surface area contributed by atoms with E-state index in [4.69, 9.17) is 0 Å². The third-order valence-electron chi connectivity index (χ3n) is 4.44. The van der Waals surface area contributed by atoms with Crippen molar-refractivity contribution in [3.05, 3.63) is 41.5 Å². The first-order valence-electron chi connectivity index (χ1n) is 8.66. The number of anilines is 1. The number of para-hydroxylation sites is 2. The highest BCUT2D eigenvalue weighted by Gasteiger charge is 2.22. The first-order chi connectivity index (χ1) is 11.5. The summed E-state index contributed by atoms with van der Waals surface area (Å²) in [7, 11) is 0. The lowest BCUT2D eigenvalue weighted by molar-refractivity contribution is -0.465. The maximum atomic E-state index is 9.73. The SMILES string of the molecule is CC(C)CCNc1cc(C(C)C)c(C#N)c2[nH]c3ccccc3[n+]12. The minimum absolute atomic E-state index is 0.293. The molecule has 0 atom stereocenters. The van der Waals surface area contributed by atoms with E-state index in [2.05, 4.69) is 66.7 Å². The van der Waals surface area contributed by atoms with Gasteiger partial charge in [-0.3, -0.25) is 4.98 Å². The average Bonchev–Trinajstić information content (AvgIpc) is 2.93. The Kier molecular flexibility index (Phi) is 4.44. The molecule has 2 N–H and O–H groups in total. The third-order valence-corrected chi connectivity index (χ3v) is 4.44. The summed E-state index contributed by atoms with van der Waals surface area (Å²) in [5.74, 6) is 2.00. The molecule has 2 heterocycles. The first-order valence-corrected chi connectivity index (χ1v) is 8.66. The minimum atomic E-state index is 0.293. The Labute approximate surface area is 143 Å². The fourth-order valence-electron chi connectivity index (χ4n) is 3.12. The van der Waals surface area contributed by atoms with Gasteiger partial charge in [-0.15, -0.1) is 0 Å². The summed E-state index contributed by atoms with van der Waals surface area (Å²) in [4.78, 5) is 3.43. The van der Waals surface area contributed by atoms with Gasteiger partial charge in [0, 0.05) is 6.07 Å². The van der Waals surface area contributed by atoms with Gasteiger partial charge >= 0.3 is 0 Å². The Balaban J connectivity index is 2.25. The molecule has 0 aliphatic heterocycles. The molecule has 0 spiro atoms. The van der Waals surface area contributed by atoms with E-state index in [1.54, 1.807) is 0 Å². The van der Waals surface area contributed by atoms with Gasteiger partial charge < -0.3 is 5.32 Å². The quantitative estimate of drug-likeness (QED) is 0.686. The van der Waals surface area contributed by atoms with Crippen LogP contribution in [-0.4, -0.2) is 11.5 Å². The van der Waals surface area contributed by atoms with Gasteiger partial charge in [0.2, 0.25) is 11.5 Å². The normalized spacial score (nSPS) is 11.5. The molecule has 24 heavy (non-hydrogen) atoms. The summed E-state index contributed by atoms with van der Waals surface area (Å²) in [6, 6.07) is 12.7. The Morgan fingerprint density at radius 1 is 1.21 bits per heavy atom. The highest BCUT2D eigenvalue weighted by Crippen LogP contribution is 2.26. The second-order valence-corrected chi connectivity index (χ2v) is 7.06. The average molecular weight is 321 g/mol. The highest BCUT2D eigenvalue weighted by molar-refractivity contribution is 5.77. The molecule has 3 rings (SSSR count). The second-order valence-electron chi connectivity index (χ2n) is 7.06. The fraction of sp³-hybridized carbons (Fsp3) is 0.400. The van der Waals surface area contributed by atoms with Crippen LogP contribution >= 0.6 is 0 Å². The van der Waals surface area contributed by atoms with Crippen molar-refractivity contribution in [1.82, 2.24) is 4.98 Å². The molecule has 0 saturated carbocycles. The maximum absolute atomic E-state index is 9.73. The van der Waals surface area contributed by atoms with Crippen molar-refractivity contribution >= 4 is 22.5 Å². The molecule has 1 aromatic carbocycles. The number of hydrogen-bond donors (Lipinski definition) is 2. The van der Waals surface area contributed by atoms with Gasteiger partial charge in [0.25, 0.3) is 0 Å². The Morgan fingerprint density at radius 3 is 2.62 bits per heavy atom. The van der Waals surface area contributed by atoms with Crippen molar-refractivity contribution in [3.8, 4) is 6.07 Å². The lowest BCUT2D eigenvalue weighted by Crippen LogP contribution is -2.28. The van der Waals surface area contributed by atoms with E-state index in [0.29, 0.717) is 11.8 Å². The zero-order valence-corrected chi connectivity index (χ0v) is 14.9. The number of nitriles is 1. The van der Waals surface area contributed by atoms with Crippen LogP contribution in [0, 0.1) is 17.2 Å². The Hall–Kier alpha value is -2.54. The molecule has 0 saturated heterocycles. The first kappa shape index (κ1) is 16.3. The van der Waals surface area contributed by atoms with Gasteiger partial charge in [0.15, 0.2) is 0 Å². The van der Waals surface area contributed by atoms with Gasteiger partial charge in [0.05, 0.1) is 6.54 Å². The molecule has 0 aliphatic carbocycles. The van der Waals surface area contributed by atoms with Gasteiger partial charge in [-0.2, -0.15) is 9.66 Å². The molecule has 0 amide bonds. The van der Waals surface area contributed by atoms with Crippen molar-refractivity contribution in [3.63, 3.8) is 0 Å². The van der Waals surface area contributed by atoms with Crippen molar-refractivity contribution in [2.75, 3.05) is 11.9 Å². The number of fused-ring (bicyclic) bond motifs is 3. The summed E-state index contributed by atoms with van der Waals surface area (Å²) in [5.41, 5.74) is 4.82. The number of benzene rings is 1. The number of aromatic nitrogens is 2. The van der Waals surface area contributed by atoms with Crippen LogP contribution in [0.3, 0.4) is 0 Å². The molecule has 4 nitrogen and oxygen atoms in total. The molecule has 0 fully saturated rings. The number of H-pyrrole nitrogens is 1. The largest absolute Gasteiger partial charge is 0.305 e. The van der Waals surface area contributed by atoms with Gasteiger partial charge in [0.1, 0.15) is 22.7 Å². The molecule has 0 unspecified atom stereocenters. The van der Waals surface area contributed by atoms with Crippen molar-refractivity contribution in [2.24, 2.45) is 5.92 Å². The molecule has 0 bridgehead atoms. The summed E-state index contributed by atoms with van der Waals surface area (Å²) >= 11 is 0. The van der Waals surface area contributed by atoms with Crippen LogP contribution < -0.4 is 9.72 Å². The van der Waals surface area contributed by atoms with Gasteiger partial charge in [-0.1, -0.05) is 39.8 Å². The monoisotopic (exact) mass is 321 g/mol. The molecule has 2 aromatic heterocycles. The van der Waals surface area contributed by atoms with E-state index in [-0.39, 0.29) is 0 Å². The summed E-state index contributed by atoms with van der Waals surface area (Å²) in [5, 5.41) is 13.3. The molecule has 0 aliphatic rings. The molecule has 0 radical (unpaired) electrons. The van der Waals surface area contributed by atoms with E-state index in [1.165, 1.54) is 0 Å². The third kappa shape index (κ3) is 2.82. The zero-order valence-electron chi connectivity index (χ0n) is 14.9. The van der Waals surface area contributed by atoms with Gasteiger partial charge in [-0.05, 0) is 36.0 Å². The summed E-state index contributed by atoms with van der Waals surface area (Å²) in [6.07, 6.45) is 1.11. The highest BCUT2D eigenvalue weighted by atomic mass is 15.1. The molecule has 124 valence electrons. The Bertz CT molecular complexity index is 913. The van der Waals surface area contributed by atoms with Crippen molar-refractivity contribution in [2.45, 2.75) is 40.0 Å². The van der Waals surface area contributed by atoms with E-state index < -0.39 is 0 Å². The fourth-order valence-corrected chi connectivity index (χ4v) is 3.12. The van der Waals surface area contributed by atoms with Crippen LogP contribution in [0.1, 0.15) is 51.2 Å². The van der Waals surface area contributed by atoms with E-state index >= 15 is 0 Å². The number of hydrogen-bond acceptors (Lipinski definition) is 2. The minimum Gasteiger partial charge on any atom is -0.305 e. The van der Waals surface area contributed by atoms with Crippen LogP contribution in [0.4, 0.5) is 5.82 Å². The zero-order chi connectivity index (χ0) is 17.3. The lowest BCUT2D eigenvalue weighted by atomic mass is 9.99. The Morgan fingerprint density at radius 2 is 1.96 bits per heavy atom. The van der Waals surface area contributed by atoms with Crippen LogP contribution in [0.5, 0.6) is 0 Å². The smallest absolute Gasteiger partial charge is 0.250 e. The number of imidazole rings is 1. The summed E-state index contributed by atoms with van der Waals surface area (Å²) < 4.78 is 2.14. The van der Waals surface area contributed by atoms with E-state index in [9.17, 15) is 5.26 Å². The number of nitrogens with one attached hydrogen (secondary N) is 2. The predicted octanol–water partition coefficient (Wildman–Crippen LogP) is 4.36. The topological polar surface area (TPSA) is 55.7 Å². The molecular formula is C20H25N4+. The van der Waals surface area contributed by atoms with Crippen molar-refractivity contribution in [1.29, 1.82) is 5.26 Å². The van der Waals surface area contributed by atoms with Crippen LogP contribution in [-0.2, 0) is 0 Å².